The summed E-state index contributed by atoms with van der Waals surface area (Å²) in [6, 6.07) is 0.671. The zero-order valence-corrected chi connectivity index (χ0v) is 7.23. The van der Waals surface area contributed by atoms with E-state index in [0.29, 0.717) is 6.04 Å². The van der Waals surface area contributed by atoms with Crippen molar-refractivity contribution in [2.75, 3.05) is 7.05 Å². The zero-order chi connectivity index (χ0) is 7.44. The minimum Gasteiger partial charge on any atom is -0.316 e. The third kappa shape index (κ3) is 2.85. The third-order valence-electron chi connectivity index (χ3n) is 1.77. The molecule has 0 aliphatic heterocycles. The van der Waals surface area contributed by atoms with Gasteiger partial charge in [-0.25, -0.2) is 0 Å². The number of rotatable bonds is 3. The first-order chi connectivity index (χ1) is 4.09. The second-order valence-corrected chi connectivity index (χ2v) is 3.30. The Morgan fingerprint density at radius 3 is 1.22 bits per heavy atom. The van der Waals surface area contributed by atoms with Crippen LogP contribution in [-0.4, -0.2) is 13.1 Å². The predicted molar refractivity (Wildman–Crippen MR) is 42.5 cm³/mol. The summed E-state index contributed by atoms with van der Waals surface area (Å²) < 4.78 is 0. The highest BCUT2D eigenvalue weighted by Gasteiger charge is 2.13. The molecule has 0 rings (SSSR count). The van der Waals surface area contributed by atoms with Crippen LogP contribution in [0.25, 0.3) is 0 Å². The van der Waals surface area contributed by atoms with Crippen molar-refractivity contribution in [2.45, 2.75) is 33.7 Å². The first-order valence-corrected chi connectivity index (χ1v) is 3.76. The maximum absolute atomic E-state index is 3.30. The Bertz CT molecular complexity index is 59.0. The fourth-order valence-electron chi connectivity index (χ4n) is 1.44. The van der Waals surface area contributed by atoms with Gasteiger partial charge < -0.3 is 5.32 Å². The van der Waals surface area contributed by atoms with Gasteiger partial charge in [0.15, 0.2) is 0 Å². The summed E-state index contributed by atoms with van der Waals surface area (Å²) >= 11 is 0. The van der Waals surface area contributed by atoms with Gasteiger partial charge in [0.25, 0.3) is 0 Å². The molecule has 0 spiro atoms. The molecule has 1 N–H and O–H groups in total. The van der Waals surface area contributed by atoms with Gasteiger partial charge in [0, 0.05) is 6.04 Å². The maximum atomic E-state index is 3.30. The van der Waals surface area contributed by atoms with Crippen LogP contribution in [0.3, 0.4) is 0 Å². The molecule has 0 aliphatic rings. The lowest BCUT2D eigenvalue weighted by Gasteiger charge is -2.23. The summed E-state index contributed by atoms with van der Waals surface area (Å²) in [5.74, 6) is 1.49. The van der Waals surface area contributed by atoms with E-state index < -0.39 is 0 Å². The van der Waals surface area contributed by atoms with Gasteiger partial charge in [-0.2, -0.15) is 0 Å². The van der Waals surface area contributed by atoms with E-state index in [2.05, 4.69) is 33.0 Å². The highest BCUT2D eigenvalue weighted by atomic mass is 14.9. The van der Waals surface area contributed by atoms with Crippen molar-refractivity contribution in [3.63, 3.8) is 0 Å². The monoisotopic (exact) mass is 129 g/mol. The second kappa shape index (κ2) is 3.89. The van der Waals surface area contributed by atoms with E-state index in [1.165, 1.54) is 0 Å². The molecule has 1 nitrogen and oxygen atoms in total. The van der Waals surface area contributed by atoms with Crippen molar-refractivity contribution in [3.05, 3.63) is 0 Å². The molecule has 0 heterocycles. The lowest BCUT2D eigenvalue weighted by atomic mass is 9.94. The van der Waals surface area contributed by atoms with E-state index in [4.69, 9.17) is 0 Å². The minimum absolute atomic E-state index is 0.671. The van der Waals surface area contributed by atoms with E-state index in [1.54, 1.807) is 0 Å². The van der Waals surface area contributed by atoms with Crippen LogP contribution in [0.4, 0.5) is 0 Å². The fraction of sp³-hybridized carbons (Fsp3) is 1.00. The molecule has 0 amide bonds. The Labute approximate surface area is 58.8 Å². The van der Waals surface area contributed by atoms with E-state index in [9.17, 15) is 0 Å². The summed E-state index contributed by atoms with van der Waals surface area (Å²) in [5, 5.41) is 3.30. The molecule has 9 heavy (non-hydrogen) atoms. The Kier molecular flexibility index (Phi) is 3.87. The lowest BCUT2D eigenvalue weighted by Crippen LogP contribution is -2.35. The third-order valence-corrected chi connectivity index (χ3v) is 1.77. The van der Waals surface area contributed by atoms with Crippen LogP contribution in [-0.2, 0) is 0 Å². The van der Waals surface area contributed by atoms with Crippen LogP contribution in [0.2, 0.25) is 0 Å². The highest BCUT2D eigenvalue weighted by Crippen LogP contribution is 2.10. The van der Waals surface area contributed by atoms with Crippen LogP contribution in [0.5, 0.6) is 0 Å². The molecule has 0 atom stereocenters. The summed E-state index contributed by atoms with van der Waals surface area (Å²) in [7, 11) is 2.03. The van der Waals surface area contributed by atoms with Crippen LogP contribution in [0.1, 0.15) is 27.7 Å². The van der Waals surface area contributed by atoms with Gasteiger partial charge in [-0.05, 0) is 18.9 Å². The first-order valence-electron chi connectivity index (χ1n) is 3.76. The number of hydrogen-bond donors (Lipinski definition) is 1. The van der Waals surface area contributed by atoms with Crippen LogP contribution in [0.15, 0.2) is 0 Å². The Hall–Kier alpha value is -0.0400. The smallest absolute Gasteiger partial charge is 0.0110 e. The zero-order valence-electron chi connectivity index (χ0n) is 7.23. The lowest BCUT2D eigenvalue weighted by molar-refractivity contribution is 0.334. The van der Waals surface area contributed by atoms with Crippen LogP contribution >= 0.6 is 0 Å². The average molecular weight is 129 g/mol. The molecule has 0 bridgehead atoms. The summed E-state index contributed by atoms with van der Waals surface area (Å²) in [4.78, 5) is 0. The molecule has 0 unspecified atom stereocenters. The Balaban J connectivity index is 3.68. The highest BCUT2D eigenvalue weighted by molar-refractivity contribution is 4.70. The number of nitrogens with one attached hydrogen (secondary N) is 1. The molecular formula is C8H19N. The van der Waals surface area contributed by atoms with Gasteiger partial charge >= 0.3 is 0 Å². The van der Waals surface area contributed by atoms with Gasteiger partial charge in [0.05, 0.1) is 0 Å². The minimum atomic E-state index is 0.671. The van der Waals surface area contributed by atoms with Crippen molar-refractivity contribution in [2.24, 2.45) is 11.8 Å². The summed E-state index contributed by atoms with van der Waals surface area (Å²) in [6.45, 7) is 9.00. The molecule has 0 aromatic carbocycles. The molecule has 56 valence electrons. The molecule has 0 saturated heterocycles. The maximum Gasteiger partial charge on any atom is 0.0110 e. The second-order valence-electron chi connectivity index (χ2n) is 3.30. The molecule has 0 radical (unpaired) electrons. The molecule has 0 aliphatic carbocycles. The van der Waals surface area contributed by atoms with E-state index >= 15 is 0 Å². The largest absolute Gasteiger partial charge is 0.316 e. The fourth-order valence-corrected chi connectivity index (χ4v) is 1.44. The van der Waals surface area contributed by atoms with Crippen molar-refractivity contribution < 1.29 is 0 Å². The Morgan fingerprint density at radius 1 is 0.889 bits per heavy atom. The molecule has 0 aromatic heterocycles. The van der Waals surface area contributed by atoms with Crippen molar-refractivity contribution >= 4 is 0 Å². The van der Waals surface area contributed by atoms with Gasteiger partial charge in [0.2, 0.25) is 0 Å². The van der Waals surface area contributed by atoms with E-state index in [1.807, 2.05) is 7.05 Å². The molecular weight excluding hydrogens is 110 g/mol. The standard InChI is InChI=1S/C8H19N/c1-6(2)8(9-5)7(3)4/h6-9H,1-5H3. The SMILES string of the molecule is CNC(C(C)C)C(C)C. The van der Waals surface area contributed by atoms with Crippen molar-refractivity contribution in [1.82, 2.24) is 5.32 Å². The van der Waals surface area contributed by atoms with Gasteiger partial charge in [-0.3, -0.25) is 0 Å². The van der Waals surface area contributed by atoms with Crippen molar-refractivity contribution in [3.8, 4) is 0 Å². The van der Waals surface area contributed by atoms with Gasteiger partial charge in [-0.1, -0.05) is 27.7 Å². The summed E-state index contributed by atoms with van der Waals surface area (Å²) in [6.07, 6.45) is 0. The summed E-state index contributed by atoms with van der Waals surface area (Å²) in [5.41, 5.74) is 0. The predicted octanol–water partition coefficient (Wildman–Crippen LogP) is 1.89. The van der Waals surface area contributed by atoms with Gasteiger partial charge in [-0.15, -0.1) is 0 Å². The molecule has 0 saturated carbocycles. The average Bonchev–Trinajstić information content (AvgIpc) is 1.64. The molecule has 1 heteroatoms. The topological polar surface area (TPSA) is 12.0 Å². The quantitative estimate of drug-likeness (QED) is 0.613. The number of hydrogen-bond acceptors (Lipinski definition) is 1. The molecule has 0 aromatic rings. The first kappa shape index (κ1) is 8.96. The van der Waals surface area contributed by atoms with Crippen molar-refractivity contribution in [1.29, 1.82) is 0 Å². The van der Waals surface area contributed by atoms with Gasteiger partial charge in [0.1, 0.15) is 0 Å². The Morgan fingerprint density at radius 2 is 1.22 bits per heavy atom. The normalized spacial score (nSPS) is 12.0. The van der Waals surface area contributed by atoms with Crippen LogP contribution in [0, 0.1) is 11.8 Å². The van der Waals surface area contributed by atoms with E-state index in [0.717, 1.165) is 11.8 Å². The van der Waals surface area contributed by atoms with E-state index in [-0.39, 0.29) is 0 Å². The molecule has 0 fully saturated rings. The van der Waals surface area contributed by atoms with Crippen LogP contribution < -0.4 is 5.32 Å².